The van der Waals surface area contributed by atoms with Gasteiger partial charge >= 0.3 is 0 Å². The predicted octanol–water partition coefficient (Wildman–Crippen LogP) is 4.72. The molecule has 4 aromatic rings. The summed E-state index contributed by atoms with van der Waals surface area (Å²) in [5, 5.41) is 11.4. The van der Waals surface area contributed by atoms with E-state index in [1.165, 1.54) is 13.4 Å². The van der Waals surface area contributed by atoms with Gasteiger partial charge in [-0.25, -0.2) is 4.98 Å². The summed E-state index contributed by atoms with van der Waals surface area (Å²) in [6.07, 6.45) is 3.42. The van der Waals surface area contributed by atoms with Crippen LogP contribution in [-0.2, 0) is 4.79 Å². The Bertz CT molecular complexity index is 1260. The van der Waals surface area contributed by atoms with Crippen LogP contribution in [0.1, 0.15) is 23.7 Å². The lowest BCUT2D eigenvalue weighted by molar-refractivity contribution is -0.115. The molecule has 0 aliphatic carbocycles. The van der Waals surface area contributed by atoms with E-state index >= 15 is 0 Å². The molecule has 0 bridgehead atoms. The van der Waals surface area contributed by atoms with Crippen molar-refractivity contribution in [2.45, 2.75) is 18.5 Å². The van der Waals surface area contributed by atoms with Gasteiger partial charge in [-0.2, -0.15) is 0 Å². The molecule has 0 aliphatic heterocycles. The van der Waals surface area contributed by atoms with Crippen molar-refractivity contribution in [2.24, 2.45) is 0 Å². The first-order chi connectivity index (χ1) is 16.1. The molecular formula is C23H20N4O5S. The summed E-state index contributed by atoms with van der Waals surface area (Å²) in [5.74, 6) is 1.23. The van der Waals surface area contributed by atoms with Crippen LogP contribution in [0.3, 0.4) is 0 Å². The summed E-state index contributed by atoms with van der Waals surface area (Å²) < 4.78 is 16.2. The van der Waals surface area contributed by atoms with Gasteiger partial charge < -0.3 is 18.9 Å². The number of hydrogen-bond donors (Lipinski definition) is 1. The summed E-state index contributed by atoms with van der Waals surface area (Å²) in [7, 11) is 1.48. The number of nitrogens with zero attached hydrogens (tertiary/aromatic N) is 3. The monoisotopic (exact) mass is 464 g/mol. The van der Waals surface area contributed by atoms with Crippen molar-refractivity contribution >= 4 is 29.1 Å². The topological polar surface area (TPSA) is 120 Å². The average Bonchev–Trinajstić information content (AvgIpc) is 3.57. The number of methoxy groups -OCH3 is 1. The molecule has 0 saturated heterocycles. The molecule has 1 aromatic carbocycles. The number of amides is 1. The number of furan rings is 2. The summed E-state index contributed by atoms with van der Waals surface area (Å²) >= 11 is 1.16. The number of anilines is 1. The highest BCUT2D eigenvalue weighted by Crippen LogP contribution is 2.31. The van der Waals surface area contributed by atoms with Crippen molar-refractivity contribution in [3.05, 3.63) is 60.6 Å². The second kappa shape index (κ2) is 10.1. The van der Waals surface area contributed by atoms with Crippen molar-refractivity contribution in [1.29, 1.82) is 0 Å². The fraction of sp³-hybridized carbons (Fsp3) is 0.174. The quantitative estimate of drug-likeness (QED) is 0.277. The average molecular weight is 465 g/mol. The van der Waals surface area contributed by atoms with Gasteiger partial charge in [0.15, 0.2) is 23.0 Å². The third-order valence-corrected chi connectivity index (χ3v) is 5.47. The van der Waals surface area contributed by atoms with Gasteiger partial charge in [-0.1, -0.05) is 18.7 Å². The molecule has 33 heavy (non-hydrogen) atoms. The van der Waals surface area contributed by atoms with Gasteiger partial charge in [0.25, 0.3) is 0 Å². The third kappa shape index (κ3) is 5.12. The van der Waals surface area contributed by atoms with E-state index in [1.54, 1.807) is 55.7 Å². The van der Waals surface area contributed by atoms with E-state index in [0.29, 0.717) is 51.5 Å². The van der Waals surface area contributed by atoms with E-state index in [1.807, 2.05) is 0 Å². The highest BCUT2D eigenvalue weighted by molar-refractivity contribution is 7.99. The van der Waals surface area contributed by atoms with E-state index in [9.17, 15) is 9.59 Å². The number of benzene rings is 1. The fourth-order valence-electron chi connectivity index (χ4n) is 2.96. The Morgan fingerprint density at radius 2 is 1.76 bits per heavy atom. The number of ketones is 1. The lowest BCUT2D eigenvalue weighted by atomic mass is 10.1. The maximum atomic E-state index is 12.8. The van der Waals surface area contributed by atoms with Gasteiger partial charge in [-0.3, -0.25) is 9.59 Å². The first-order valence-electron chi connectivity index (χ1n) is 10.1. The van der Waals surface area contributed by atoms with Crippen molar-refractivity contribution < 1.29 is 23.2 Å². The molecule has 3 aromatic heterocycles. The Balaban J connectivity index is 1.52. The van der Waals surface area contributed by atoms with Crippen LogP contribution in [-0.4, -0.2) is 39.7 Å². The third-order valence-electron chi connectivity index (χ3n) is 4.63. The van der Waals surface area contributed by atoms with Crippen molar-refractivity contribution in [2.75, 3.05) is 18.2 Å². The Morgan fingerprint density at radius 3 is 2.39 bits per heavy atom. The highest BCUT2D eigenvalue weighted by atomic mass is 32.2. The zero-order valence-corrected chi connectivity index (χ0v) is 18.7. The number of hydrogen-bond acceptors (Lipinski definition) is 9. The van der Waals surface area contributed by atoms with Gasteiger partial charge in [0, 0.05) is 12.0 Å². The molecule has 0 radical (unpaired) electrons. The molecule has 0 saturated carbocycles. The Morgan fingerprint density at radius 1 is 1.03 bits per heavy atom. The minimum absolute atomic E-state index is 0.0865. The van der Waals surface area contributed by atoms with Crippen LogP contribution in [0.2, 0.25) is 0 Å². The summed E-state index contributed by atoms with van der Waals surface area (Å²) in [5.41, 5.74) is 1.87. The van der Waals surface area contributed by atoms with E-state index in [-0.39, 0.29) is 17.4 Å². The van der Waals surface area contributed by atoms with Gasteiger partial charge in [0.05, 0.1) is 31.1 Å². The first-order valence-corrected chi connectivity index (χ1v) is 11.0. The molecule has 0 spiro atoms. The SMILES string of the molecule is CCC(=O)Nc1ccc(C(=O)CSc2nnc(-c3ccco3)c(-c3ccco3)n2)cc1OC. The second-order valence-corrected chi connectivity index (χ2v) is 7.72. The van der Waals surface area contributed by atoms with Crippen molar-refractivity contribution in [3.63, 3.8) is 0 Å². The summed E-state index contributed by atoms with van der Waals surface area (Å²) in [6.45, 7) is 1.76. The number of Topliss-reactive ketones (excluding diaryl/α,β-unsaturated/α-hetero) is 1. The standard InChI is InChI=1S/C23H20N4O5S/c1-3-20(29)24-15-9-8-14(12-19(15)30-2)16(28)13-33-23-25-21(17-6-4-10-31-17)22(26-27-23)18-7-5-11-32-18/h4-12H,3,13H2,1-2H3,(H,24,29). The molecule has 0 fully saturated rings. The minimum Gasteiger partial charge on any atom is -0.495 e. The van der Waals surface area contributed by atoms with E-state index < -0.39 is 0 Å². The maximum absolute atomic E-state index is 12.8. The molecule has 1 N–H and O–H groups in total. The number of carbonyl (C=O) groups is 2. The van der Waals surface area contributed by atoms with Crippen LogP contribution in [0.15, 0.2) is 69.0 Å². The second-order valence-electron chi connectivity index (χ2n) is 6.77. The van der Waals surface area contributed by atoms with Crippen LogP contribution < -0.4 is 10.1 Å². The van der Waals surface area contributed by atoms with E-state index in [2.05, 4.69) is 20.5 Å². The molecule has 4 rings (SSSR count). The van der Waals surface area contributed by atoms with Crippen molar-refractivity contribution in [3.8, 4) is 28.7 Å². The van der Waals surface area contributed by atoms with Crippen molar-refractivity contribution in [1.82, 2.24) is 15.2 Å². The number of carbonyl (C=O) groups excluding carboxylic acids is 2. The first kappa shape index (κ1) is 22.3. The zero-order valence-electron chi connectivity index (χ0n) is 17.9. The van der Waals surface area contributed by atoms with Gasteiger partial charge in [0.2, 0.25) is 11.1 Å². The van der Waals surface area contributed by atoms with Crippen LogP contribution >= 0.6 is 11.8 Å². The molecule has 10 heteroatoms. The largest absolute Gasteiger partial charge is 0.495 e. The summed E-state index contributed by atoms with van der Waals surface area (Å²) in [4.78, 5) is 29.0. The number of aromatic nitrogens is 3. The Hall–Kier alpha value is -3.92. The molecule has 9 nitrogen and oxygen atoms in total. The van der Waals surface area contributed by atoms with Gasteiger partial charge in [-0.15, -0.1) is 10.2 Å². The summed E-state index contributed by atoms with van der Waals surface area (Å²) in [6, 6.07) is 11.9. The van der Waals surface area contributed by atoms with Crippen LogP contribution in [0.4, 0.5) is 5.69 Å². The number of rotatable bonds is 9. The van der Waals surface area contributed by atoms with Gasteiger partial charge in [-0.05, 0) is 42.5 Å². The van der Waals surface area contributed by atoms with Crippen LogP contribution in [0, 0.1) is 0 Å². The molecule has 168 valence electrons. The fourth-order valence-corrected chi connectivity index (χ4v) is 3.64. The molecular weight excluding hydrogens is 444 g/mol. The highest BCUT2D eigenvalue weighted by Gasteiger charge is 2.19. The molecule has 3 heterocycles. The number of ether oxygens (including phenoxy) is 1. The lowest BCUT2D eigenvalue weighted by Gasteiger charge is -2.11. The molecule has 1 amide bonds. The van der Waals surface area contributed by atoms with E-state index in [4.69, 9.17) is 13.6 Å². The lowest BCUT2D eigenvalue weighted by Crippen LogP contribution is -2.11. The van der Waals surface area contributed by atoms with Crippen LogP contribution in [0.5, 0.6) is 5.75 Å². The minimum atomic E-state index is -0.148. The zero-order chi connectivity index (χ0) is 23.2. The van der Waals surface area contributed by atoms with E-state index in [0.717, 1.165) is 11.8 Å². The number of nitrogens with one attached hydrogen (secondary N) is 1. The molecule has 0 aliphatic rings. The normalized spacial score (nSPS) is 10.7. The molecule has 0 unspecified atom stereocenters. The number of thioether (sulfide) groups is 1. The predicted molar refractivity (Wildman–Crippen MR) is 122 cm³/mol. The Labute approximate surface area is 193 Å². The molecule has 0 atom stereocenters. The van der Waals surface area contributed by atoms with Gasteiger partial charge in [0.1, 0.15) is 11.4 Å². The maximum Gasteiger partial charge on any atom is 0.224 e. The Kier molecular flexibility index (Phi) is 6.84. The smallest absolute Gasteiger partial charge is 0.224 e. The van der Waals surface area contributed by atoms with Crippen LogP contribution in [0.25, 0.3) is 22.9 Å².